The van der Waals surface area contributed by atoms with Gasteiger partial charge in [-0.1, -0.05) is 19.1 Å². The number of hydrogen-bond donors (Lipinski definition) is 1. The van der Waals surface area contributed by atoms with E-state index in [0.717, 1.165) is 37.9 Å². The van der Waals surface area contributed by atoms with E-state index in [-0.39, 0.29) is 6.10 Å². The molecule has 1 aromatic rings. The Labute approximate surface area is 115 Å². The van der Waals surface area contributed by atoms with Crippen LogP contribution in [0.25, 0.3) is 0 Å². The molecule has 0 bridgehead atoms. The molecular weight excluding hydrogens is 236 g/mol. The van der Waals surface area contributed by atoms with E-state index < -0.39 is 5.54 Å². The smallest absolute Gasteiger partial charge is 0.119 e. The molecule has 3 heteroatoms. The third-order valence-corrected chi connectivity index (χ3v) is 4.01. The van der Waals surface area contributed by atoms with Crippen LogP contribution in [-0.2, 0) is 6.42 Å². The van der Waals surface area contributed by atoms with Crippen molar-refractivity contribution in [1.29, 1.82) is 5.26 Å². The highest BCUT2D eigenvalue weighted by Crippen LogP contribution is 2.30. The summed E-state index contributed by atoms with van der Waals surface area (Å²) < 4.78 is 6.07. The third-order valence-electron chi connectivity index (χ3n) is 4.01. The summed E-state index contributed by atoms with van der Waals surface area (Å²) in [7, 11) is 1.86. The highest BCUT2D eigenvalue weighted by atomic mass is 16.5. The lowest BCUT2D eigenvalue weighted by atomic mass is 9.81. The van der Waals surface area contributed by atoms with Crippen molar-refractivity contribution >= 4 is 0 Å². The minimum atomic E-state index is -0.411. The van der Waals surface area contributed by atoms with Gasteiger partial charge in [-0.05, 0) is 50.4 Å². The zero-order valence-corrected chi connectivity index (χ0v) is 11.8. The van der Waals surface area contributed by atoms with Gasteiger partial charge in [0, 0.05) is 6.42 Å². The molecule has 0 spiro atoms. The summed E-state index contributed by atoms with van der Waals surface area (Å²) in [6, 6.07) is 10.7. The Bertz CT molecular complexity index is 466. The molecule has 0 amide bonds. The fourth-order valence-electron chi connectivity index (χ4n) is 2.74. The van der Waals surface area contributed by atoms with Gasteiger partial charge < -0.3 is 10.1 Å². The largest absolute Gasteiger partial charge is 0.490 e. The lowest BCUT2D eigenvalue weighted by Gasteiger charge is -2.35. The van der Waals surface area contributed by atoms with Crippen molar-refractivity contribution in [3.63, 3.8) is 0 Å². The van der Waals surface area contributed by atoms with E-state index in [2.05, 4.69) is 30.4 Å². The van der Waals surface area contributed by atoms with E-state index in [1.165, 1.54) is 5.56 Å². The monoisotopic (exact) mass is 258 g/mol. The van der Waals surface area contributed by atoms with Gasteiger partial charge in [0.2, 0.25) is 0 Å². The number of benzene rings is 1. The van der Waals surface area contributed by atoms with Crippen molar-refractivity contribution in [2.75, 3.05) is 7.05 Å². The van der Waals surface area contributed by atoms with E-state index in [4.69, 9.17) is 4.74 Å². The second-order valence-electron chi connectivity index (χ2n) is 5.28. The normalized spacial score (nSPS) is 26.7. The molecule has 1 aliphatic rings. The molecule has 19 heavy (non-hydrogen) atoms. The quantitative estimate of drug-likeness (QED) is 0.902. The molecule has 1 N–H and O–H groups in total. The summed E-state index contributed by atoms with van der Waals surface area (Å²) in [5.41, 5.74) is 0.874. The molecule has 2 atom stereocenters. The predicted molar refractivity (Wildman–Crippen MR) is 76.1 cm³/mol. The van der Waals surface area contributed by atoms with Crippen LogP contribution in [0.5, 0.6) is 5.75 Å². The van der Waals surface area contributed by atoms with Crippen molar-refractivity contribution < 1.29 is 4.74 Å². The second-order valence-corrected chi connectivity index (χ2v) is 5.28. The molecule has 3 nitrogen and oxygen atoms in total. The van der Waals surface area contributed by atoms with Crippen molar-refractivity contribution in [2.24, 2.45) is 0 Å². The molecule has 1 aliphatic carbocycles. The predicted octanol–water partition coefficient (Wildman–Crippen LogP) is 3.05. The van der Waals surface area contributed by atoms with E-state index in [1.807, 2.05) is 19.2 Å². The summed E-state index contributed by atoms with van der Waals surface area (Å²) in [6.45, 7) is 2.14. The van der Waals surface area contributed by atoms with Crippen LogP contribution in [0.1, 0.15) is 38.2 Å². The summed E-state index contributed by atoms with van der Waals surface area (Å²) >= 11 is 0. The molecule has 1 aromatic carbocycles. The Balaban J connectivity index is 2.04. The molecule has 0 heterocycles. The number of aryl methyl sites for hydroxylation is 1. The summed E-state index contributed by atoms with van der Waals surface area (Å²) in [5.74, 6) is 0.925. The van der Waals surface area contributed by atoms with E-state index >= 15 is 0 Å². The van der Waals surface area contributed by atoms with Crippen LogP contribution in [0.2, 0.25) is 0 Å². The second kappa shape index (κ2) is 6.08. The average Bonchev–Trinajstić information content (AvgIpc) is 2.47. The van der Waals surface area contributed by atoms with Crippen molar-refractivity contribution in [3.05, 3.63) is 29.8 Å². The van der Waals surface area contributed by atoms with Gasteiger partial charge in [0.05, 0.1) is 6.07 Å². The van der Waals surface area contributed by atoms with Gasteiger partial charge >= 0.3 is 0 Å². The molecule has 2 unspecified atom stereocenters. The Morgan fingerprint density at radius 3 is 3.05 bits per heavy atom. The van der Waals surface area contributed by atoms with Crippen LogP contribution in [0.4, 0.5) is 0 Å². The lowest BCUT2D eigenvalue weighted by Crippen LogP contribution is -2.48. The number of nitrogens with one attached hydrogen (secondary N) is 1. The van der Waals surface area contributed by atoms with Crippen LogP contribution in [0.15, 0.2) is 24.3 Å². The van der Waals surface area contributed by atoms with Crippen LogP contribution in [0.3, 0.4) is 0 Å². The Morgan fingerprint density at radius 2 is 2.37 bits per heavy atom. The standard InChI is InChI=1S/C16H22N2O/c1-3-13-6-4-7-14(10-13)19-15-8-5-9-16(11-15,12-17)18-2/h4,6-7,10,15,18H,3,5,8-9,11H2,1-2H3. The zero-order valence-electron chi connectivity index (χ0n) is 11.8. The molecule has 1 saturated carbocycles. The van der Waals surface area contributed by atoms with Gasteiger partial charge in [0.1, 0.15) is 17.4 Å². The van der Waals surface area contributed by atoms with Gasteiger partial charge in [-0.25, -0.2) is 0 Å². The fourth-order valence-corrected chi connectivity index (χ4v) is 2.74. The van der Waals surface area contributed by atoms with Crippen LogP contribution in [0, 0.1) is 11.3 Å². The first-order chi connectivity index (χ1) is 9.21. The molecule has 0 saturated heterocycles. The molecular formula is C16H22N2O. The molecule has 2 rings (SSSR count). The zero-order chi connectivity index (χ0) is 13.7. The maximum Gasteiger partial charge on any atom is 0.119 e. The van der Waals surface area contributed by atoms with Crippen molar-refractivity contribution in [2.45, 2.75) is 50.7 Å². The molecule has 0 aliphatic heterocycles. The molecule has 1 fully saturated rings. The summed E-state index contributed by atoms with van der Waals surface area (Å²) in [5, 5.41) is 12.5. The molecule has 0 aromatic heterocycles. The number of nitrogens with zero attached hydrogens (tertiary/aromatic N) is 1. The van der Waals surface area contributed by atoms with Crippen molar-refractivity contribution in [1.82, 2.24) is 5.32 Å². The van der Waals surface area contributed by atoms with Gasteiger partial charge in [-0.15, -0.1) is 0 Å². The minimum absolute atomic E-state index is 0.132. The van der Waals surface area contributed by atoms with Crippen molar-refractivity contribution in [3.8, 4) is 11.8 Å². The topological polar surface area (TPSA) is 45.0 Å². The number of nitriles is 1. The SMILES string of the molecule is CCc1cccc(OC2CCCC(C#N)(NC)C2)c1. The maximum atomic E-state index is 9.34. The number of rotatable bonds is 4. The van der Waals surface area contributed by atoms with Crippen LogP contribution < -0.4 is 10.1 Å². The van der Waals surface area contributed by atoms with Gasteiger partial charge in [-0.3, -0.25) is 0 Å². The van der Waals surface area contributed by atoms with Gasteiger partial charge in [0.25, 0.3) is 0 Å². The summed E-state index contributed by atoms with van der Waals surface area (Å²) in [4.78, 5) is 0. The first-order valence-corrected chi connectivity index (χ1v) is 7.07. The molecule has 0 radical (unpaired) electrons. The highest BCUT2D eigenvalue weighted by molar-refractivity contribution is 5.28. The van der Waals surface area contributed by atoms with E-state index in [0.29, 0.717) is 0 Å². The Hall–Kier alpha value is -1.53. The maximum absolute atomic E-state index is 9.34. The number of ether oxygens (including phenoxy) is 1. The highest BCUT2D eigenvalue weighted by Gasteiger charge is 2.36. The molecule has 102 valence electrons. The van der Waals surface area contributed by atoms with Gasteiger partial charge in [0.15, 0.2) is 0 Å². The number of hydrogen-bond acceptors (Lipinski definition) is 3. The third kappa shape index (κ3) is 3.27. The van der Waals surface area contributed by atoms with E-state index in [1.54, 1.807) is 0 Å². The van der Waals surface area contributed by atoms with Gasteiger partial charge in [-0.2, -0.15) is 5.26 Å². The minimum Gasteiger partial charge on any atom is -0.490 e. The van der Waals surface area contributed by atoms with Crippen LogP contribution >= 0.6 is 0 Å². The Kier molecular flexibility index (Phi) is 4.44. The summed E-state index contributed by atoms with van der Waals surface area (Å²) in [6.07, 6.45) is 4.88. The lowest BCUT2D eigenvalue weighted by molar-refractivity contribution is 0.116. The Morgan fingerprint density at radius 1 is 1.53 bits per heavy atom. The first-order valence-electron chi connectivity index (χ1n) is 7.07. The average molecular weight is 258 g/mol. The first kappa shape index (κ1) is 13.9. The van der Waals surface area contributed by atoms with E-state index in [9.17, 15) is 5.26 Å². The fraction of sp³-hybridized carbons (Fsp3) is 0.562. The van der Waals surface area contributed by atoms with Crippen LogP contribution in [-0.4, -0.2) is 18.7 Å².